The number of benzene rings is 2. The predicted octanol–water partition coefficient (Wildman–Crippen LogP) is 3.84. The Hall–Kier alpha value is -2.44. The summed E-state index contributed by atoms with van der Waals surface area (Å²) >= 11 is 5.16. The summed E-state index contributed by atoms with van der Waals surface area (Å²) in [5, 5.41) is 9.26. The fourth-order valence-electron chi connectivity index (χ4n) is 3.48. The molecule has 8 nitrogen and oxygen atoms in total. The first-order chi connectivity index (χ1) is 18.6. The van der Waals surface area contributed by atoms with E-state index in [4.69, 9.17) is 26.3 Å². The van der Waals surface area contributed by atoms with Gasteiger partial charge in [-0.25, -0.2) is 0 Å². The number of thiophene rings is 1. The van der Waals surface area contributed by atoms with E-state index >= 15 is 0 Å². The van der Waals surface area contributed by atoms with E-state index in [-0.39, 0.29) is 27.6 Å². The third-order valence-electron chi connectivity index (χ3n) is 5.43. The van der Waals surface area contributed by atoms with Crippen LogP contribution in [0.1, 0.15) is 5.56 Å². The zero-order valence-corrected chi connectivity index (χ0v) is 25.4. The Balaban J connectivity index is 1.53. The van der Waals surface area contributed by atoms with Gasteiger partial charge in [0.05, 0.1) is 0 Å². The molecule has 14 heteroatoms. The second kappa shape index (κ2) is 12.8. The number of nitriles is 1. The summed E-state index contributed by atoms with van der Waals surface area (Å²) in [6.07, 6.45) is 3.83. The number of halogens is 2. The molecule has 0 aliphatic carbocycles. The summed E-state index contributed by atoms with van der Waals surface area (Å²) in [6, 6.07) is 15.4. The molecule has 1 unspecified atom stereocenters. The van der Waals surface area contributed by atoms with Gasteiger partial charge >= 0.3 is 235 Å². The molecule has 1 atom stereocenters. The van der Waals surface area contributed by atoms with Gasteiger partial charge in [-0.1, -0.05) is 6.07 Å². The van der Waals surface area contributed by atoms with E-state index in [2.05, 4.69) is 0 Å². The monoisotopic (exact) mass is 670 g/mol. The van der Waals surface area contributed by atoms with Crippen molar-refractivity contribution < 1.29 is 36.3 Å². The van der Waals surface area contributed by atoms with Gasteiger partial charge in [-0.2, -0.15) is 0 Å². The maximum atomic E-state index is 14.0. The molecule has 0 aliphatic rings. The second-order valence-electron chi connectivity index (χ2n) is 8.12. The summed E-state index contributed by atoms with van der Waals surface area (Å²) in [6.45, 7) is 1.17. The number of rotatable bonds is 12. The molecule has 2 heterocycles. The number of aromatic nitrogens is 1. The minimum atomic E-state index is -4.16. The Bertz CT molecular complexity index is 1680. The Morgan fingerprint density at radius 1 is 1.10 bits per heavy atom. The zero-order chi connectivity index (χ0) is 28.0. The average molecular weight is 671 g/mol. The number of nitrogens with zero attached hydrogens (tertiary/aromatic N) is 2. The number of alkyl halides is 1. The molecule has 4 aromatic rings. The standard InChI is InChI=1S/C25H21AsClFN2O6PS2/c27-6-10-35-23-15-24-19(12-22(23)36-11-9-30-7-2-1-3-8-30)13-25(38-24)39(33,34)26-17-37(31,32)20-5-4-18(16-29)21(28)14-20/h1-5,7-8,12-15H,6,9-11,17H2/p+1. The zero-order valence-electron chi connectivity index (χ0n) is 20.2. The van der Waals surface area contributed by atoms with Crippen molar-refractivity contribution in [3.8, 4) is 17.6 Å². The fraction of sp³-hybridized carbons (Fsp3) is 0.200. The molecule has 39 heavy (non-hydrogen) atoms. The molecule has 0 aliphatic heterocycles. The van der Waals surface area contributed by atoms with Gasteiger partial charge in [0.25, 0.3) is 0 Å². The topological polar surface area (TPSA) is 118 Å². The van der Waals surface area contributed by atoms with Gasteiger partial charge < -0.3 is 0 Å². The Kier molecular flexibility index (Phi) is 9.71. The molecule has 1 radical (unpaired) electrons. The second-order valence-corrected chi connectivity index (χ2v) is 20.1. The van der Waals surface area contributed by atoms with E-state index in [0.717, 1.165) is 23.5 Å². The molecule has 4 rings (SSSR count). The molecule has 2 aromatic heterocycles. The number of ether oxygens (including phenoxy) is 2. The van der Waals surface area contributed by atoms with Crippen molar-refractivity contribution in [2.24, 2.45) is 0 Å². The maximum absolute atomic E-state index is 14.0. The van der Waals surface area contributed by atoms with Crippen molar-refractivity contribution in [1.82, 2.24) is 0 Å². The van der Waals surface area contributed by atoms with Crippen molar-refractivity contribution in [3.63, 3.8) is 0 Å². The van der Waals surface area contributed by atoms with Crippen molar-refractivity contribution in [3.05, 3.63) is 78.4 Å². The first-order valence-electron chi connectivity index (χ1n) is 11.4. The minimum absolute atomic E-state index is 0.0591. The van der Waals surface area contributed by atoms with Crippen LogP contribution < -0.4 is 19.3 Å². The van der Waals surface area contributed by atoms with Crippen LogP contribution in [0.15, 0.2) is 71.2 Å². The Morgan fingerprint density at radius 3 is 2.51 bits per heavy atom. The van der Waals surface area contributed by atoms with E-state index in [1.807, 2.05) is 35.2 Å². The molecule has 1 N–H and O–H groups in total. The van der Waals surface area contributed by atoms with Crippen LogP contribution >= 0.6 is 30.3 Å². The number of hydrogen-bond donors (Lipinski definition) is 1. The summed E-state index contributed by atoms with van der Waals surface area (Å²) in [7, 11) is -8.01. The SMILES string of the molecule is N#Cc1ccc(P(=O)(O)C[As]S(=O)(=O)c2cc3cc(OCC[n+]4ccccc4)c(OCCCl)cc3s2)cc1F. The van der Waals surface area contributed by atoms with Crippen LogP contribution in [0.2, 0.25) is 0 Å². The molecule has 203 valence electrons. The van der Waals surface area contributed by atoms with Crippen LogP contribution in [0.5, 0.6) is 11.5 Å². The fourth-order valence-corrected chi connectivity index (χ4v) is 17.0. The van der Waals surface area contributed by atoms with Crippen LogP contribution in [0.25, 0.3) is 10.1 Å². The van der Waals surface area contributed by atoms with Gasteiger partial charge in [-0.3, -0.25) is 0 Å². The van der Waals surface area contributed by atoms with E-state index in [9.17, 15) is 22.3 Å². The molecular formula is C25H22AsClFN2O6PS2+. The quantitative estimate of drug-likeness (QED) is 0.105. The third-order valence-corrected chi connectivity index (χ3v) is 19.1. The van der Waals surface area contributed by atoms with Gasteiger partial charge in [0, 0.05) is 0 Å². The average Bonchev–Trinajstić information content (AvgIpc) is 3.35. The Labute approximate surface area is 239 Å². The molecule has 0 amide bonds. The van der Waals surface area contributed by atoms with E-state index in [1.54, 1.807) is 18.2 Å². The van der Waals surface area contributed by atoms with Crippen molar-refractivity contribution in [2.75, 3.05) is 24.0 Å². The van der Waals surface area contributed by atoms with Crippen LogP contribution in [0.3, 0.4) is 0 Å². The van der Waals surface area contributed by atoms with Crippen LogP contribution in [-0.4, -0.2) is 52.0 Å². The van der Waals surface area contributed by atoms with Gasteiger partial charge in [-0.05, 0) is 0 Å². The van der Waals surface area contributed by atoms with E-state index in [1.165, 1.54) is 12.1 Å². The van der Waals surface area contributed by atoms with Crippen LogP contribution in [0, 0.1) is 17.1 Å². The van der Waals surface area contributed by atoms with E-state index < -0.39 is 40.8 Å². The summed E-state index contributed by atoms with van der Waals surface area (Å²) < 4.78 is 67.4. The van der Waals surface area contributed by atoms with Gasteiger partial charge in [-0.15, -0.1) is 0 Å². The molecule has 0 fully saturated rings. The number of pyridine rings is 1. The third kappa shape index (κ3) is 7.40. The van der Waals surface area contributed by atoms with Crippen molar-refractivity contribution in [2.45, 2.75) is 10.8 Å². The van der Waals surface area contributed by atoms with E-state index in [0.29, 0.717) is 34.7 Å². The number of hydrogen-bond acceptors (Lipinski definition) is 7. The molecule has 0 saturated heterocycles. The summed E-state index contributed by atoms with van der Waals surface area (Å²) in [5.74, 6) is 0.209. The van der Waals surface area contributed by atoms with Crippen LogP contribution in [-0.2, 0) is 19.2 Å². The van der Waals surface area contributed by atoms with Gasteiger partial charge in [0.15, 0.2) is 0 Å². The summed E-state index contributed by atoms with van der Waals surface area (Å²) in [5.41, 5.74) is -0.263. The summed E-state index contributed by atoms with van der Waals surface area (Å²) in [4.78, 5) is 9.95. The molecule has 0 saturated carbocycles. The molecule has 0 spiro atoms. The normalized spacial score (nSPS) is 13.4. The van der Waals surface area contributed by atoms with Crippen LogP contribution in [0.4, 0.5) is 4.39 Å². The molecular weight excluding hydrogens is 649 g/mol. The van der Waals surface area contributed by atoms with Gasteiger partial charge in [0.2, 0.25) is 0 Å². The molecule has 2 aromatic carbocycles. The number of fused-ring (bicyclic) bond motifs is 1. The van der Waals surface area contributed by atoms with Gasteiger partial charge in [0.1, 0.15) is 0 Å². The Morgan fingerprint density at radius 2 is 1.82 bits per heavy atom. The van der Waals surface area contributed by atoms with Crippen molar-refractivity contribution >= 4 is 68.4 Å². The first-order valence-corrected chi connectivity index (χ1v) is 19.7. The predicted molar refractivity (Wildman–Crippen MR) is 149 cm³/mol. The first kappa shape index (κ1) is 29.5. The molecule has 0 bridgehead atoms. The van der Waals surface area contributed by atoms with Crippen molar-refractivity contribution in [1.29, 1.82) is 5.26 Å².